The van der Waals surface area contributed by atoms with E-state index in [-0.39, 0.29) is 15.5 Å². The van der Waals surface area contributed by atoms with E-state index in [0.29, 0.717) is 6.07 Å². The Hall–Kier alpha value is -1.77. The van der Waals surface area contributed by atoms with E-state index in [1.165, 1.54) is 6.07 Å². The van der Waals surface area contributed by atoms with Crippen LogP contribution in [0.5, 0.6) is 0 Å². The second-order valence-electron chi connectivity index (χ2n) is 3.73. The summed E-state index contributed by atoms with van der Waals surface area (Å²) >= 11 is 6.90. The van der Waals surface area contributed by atoms with Crippen LogP contribution >= 0.6 is 22.9 Å². The molecule has 0 aliphatic rings. The molecule has 6 heteroatoms. The fraction of sp³-hybridized carbons (Fsp3) is 0.0769. The van der Waals surface area contributed by atoms with Crippen molar-refractivity contribution >= 4 is 28.7 Å². The molecule has 1 atom stereocenters. The number of rotatable bonds is 3. The van der Waals surface area contributed by atoms with E-state index in [0.717, 1.165) is 23.5 Å². The molecule has 0 saturated heterocycles. The molecule has 0 aliphatic heterocycles. The topological polar surface area (TPSA) is 40.9 Å². The Morgan fingerprint density at radius 2 is 1.95 bits per heavy atom. The number of carbonyl (C=O) groups excluding carboxylic acids is 1. The maximum atomic E-state index is 13.1. The van der Waals surface area contributed by atoms with Gasteiger partial charge in [-0.3, -0.25) is 4.79 Å². The van der Waals surface area contributed by atoms with Crippen molar-refractivity contribution in [3.05, 3.63) is 56.7 Å². The summed E-state index contributed by atoms with van der Waals surface area (Å²) in [5.74, 6) is -3.51. The largest absolute Gasteiger partial charge is 0.291 e. The first-order chi connectivity index (χ1) is 9.02. The lowest BCUT2D eigenvalue weighted by Crippen LogP contribution is -2.11. The van der Waals surface area contributed by atoms with Crippen LogP contribution in [0, 0.1) is 23.0 Å². The molecule has 2 rings (SSSR count). The standard InChI is InChI=1S/C13H6ClF2NOS/c14-11-1-2-19-13(11)12(18)10(6-17)7-3-8(15)5-9(16)4-7/h1-5,10H. The normalized spacial score (nSPS) is 11.9. The van der Waals surface area contributed by atoms with Gasteiger partial charge in [0.2, 0.25) is 0 Å². The number of ketones is 1. The zero-order valence-electron chi connectivity index (χ0n) is 9.36. The molecule has 0 amide bonds. The van der Waals surface area contributed by atoms with Gasteiger partial charge in [0.25, 0.3) is 0 Å². The van der Waals surface area contributed by atoms with Gasteiger partial charge in [-0.05, 0) is 29.1 Å². The third-order valence-electron chi connectivity index (χ3n) is 2.45. The highest BCUT2D eigenvalue weighted by Crippen LogP contribution is 2.29. The van der Waals surface area contributed by atoms with Crippen LogP contribution in [0.25, 0.3) is 0 Å². The molecule has 19 heavy (non-hydrogen) atoms. The van der Waals surface area contributed by atoms with Gasteiger partial charge in [-0.1, -0.05) is 11.6 Å². The molecule has 2 aromatic rings. The molecule has 0 N–H and O–H groups in total. The van der Waals surface area contributed by atoms with Crippen LogP contribution in [-0.4, -0.2) is 5.78 Å². The summed E-state index contributed by atoms with van der Waals surface area (Å²) in [6.07, 6.45) is 0. The van der Waals surface area contributed by atoms with Gasteiger partial charge in [0, 0.05) is 6.07 Å². The molecule has 1 unspecified atom stereocenters. The Morgan fingerprint density at radius 1 is 1.32 bits per heavy atom. The molecule has 0 bridgehead atoms. The monoisotopic (exact) mass is 297 g/mol. The van der Waals surface area contributed by atoms with Gasteiger partial charge in [-0.25, -0.2) is 8.78 Å². The Kier molecular flexibility index (Phi) is 3.93. The van der Waals surface area contributed by atoms with Crippen molar-refractivity contribution in [1.82, 2.24) is 0 Å². The van der Waals surface area contributed by atoms with Crippen LogP contribution in [0.2, 0.25) is 5.02 Å². The average Bonchev–Trinajstić information content (AvgIpc) is 2.75. The Balaban J connectivity index is 2.43. The van der Waals surface area contributed by atoms with Gasteiger partial charge in [0.1, 0.15) is 17.6 Å². The number of hydrogen-bond donors (Lipinski definition) is 0. The van der Waals surface area contributed by atoms with Gasteiger partial charge >= 0.3 is 0 Å². The van der Waals surface area contributed by atoms with E-state index >= 15 is 0 Å². The molecule has 2 nitrogen and oxygen atoms in total. The molecule has 0 fully saturated rings. The quantitative estimate of drug-likeness (QED) is 0.798. The van der Waals surface area contributed by atoms with E-state index in [1.54, 1.807) is 11.4 Å². The first-order valence-corrected chi connectivity index (χ1v) is 6.41. The van der Waals surface area contributed by atoms with Crippen molar-refractivity contribution in [2.45, 2.75) is 5.92 Å². The summed E-state index contributed by atoms with van der Waals surface area (Å²) in [7, 11) is 0. The lowest BCUT2D eigenvalue weighted by Gasteiger charge is -2.08. The number of Topliss-reactive ketones (excluding diaryl/α,β-unsaturated/α-hetero) is 1. The summed E-state index contributed by atoms with van der Waals surface area (Å²) in [4.78, 5) is 12.3. The second kappa shape index (κ2) is 5.47. The van der Waals surface area contributed by atoms with Gasteiger partial charge < -0.3 is 0 Å². The first-order valence-electron chi connectivity index (χ1n) is 5.15. The zero-order valence-corrected chi connectivity index (χ0v) is 10.9. The van der Waals surface area contributed by atoms with E-state index in [9.17, 15) is 13.6 Å². The lowest BCUT2D eigenvalue weighted by molar-refractivity contribution is 0.0983. The molecule has 0 spiro atoms. The number of halogens is 3. The second-order valence-corrected chi connectivity index (χ2v) is 5.05. The summed E-state index contributed by atoms with van der Waals surface area (Å²) < 4.78 is 26.3. The zero-order chi connectivity index (χ0) is 14.0. The molecule has 1 heterocycles. The number of nitriles is 1. The van der Waals surface area contributed by atoms with Crippen molar-refractivity contribution in [3.63, 3.8) is 0 Å². The fourth-order valence-corrected chi connectivity index (χ4v) is 2.75. The van der Waals surface area contributed by atoms with Crippen molar-refractivity contribution in [1.29, 1.82) is 5.26 Å². The van der Waals surface area contributed by atoms with Crippen LogP contribution in [0.15, 0.2) is 29.6 Å². The van der Waals surface area contributed by atoms with Gasteiger partial charge in [-0.2, -0.15) is 5.26 Å². The number of thiophene rings is 1. The van der Waals surface area contributed by atoms with E-state index in [2.05, 4.69) is 0 Å². The molecule has 1 aromatic carbocycles. The Labute approximate surface area is 116 Å². The van der Waals surface area contributed by atoms with Crippen molar-refractivity contribution in [2.24, 2.45) is 0 Å². The number of benzene rings is 1. The van der Waals surface area contributed by atoms with Crippen LogP contribution in [0.4, 0.5) is 8.78 Å². The highest BCUT2D eigenvalue weighted by atomic mass is 35.5. The maximum absolute atomic E-state index is 13.1. The van der Waals surface area contributed by atoms with E-state index in [4.69, 9.17) is 16.9 Å². The third kappa shape index (κ3) is 2.80. The Morgan fingerprint density at radius 3 is 2.42 bits per heavy atom. The highest BCUT2D eigenvalue weighted by molar-refractivity contribution is 7.12. The van der Waals surface area contributed by atoms with Crippen molar-refractivity contribution < 1.29 is 13.6 Å². The molecule has 0 aliphatic carbocycles. The number of carbonyl (C=O) groups is 1. The first kappa shape index (κ1) is 13.7. The van der Waals surface area contributed by atoms with E-state index in [1.807, 2.05) is 0 Å². The summed E-state index contributed by atoms with van der Waals surface area (Å²) in [6, 6.07) is 5.90. The van der Waals surface area contributed by atoms with Gasteiger partial charge in [0.05, 0.1) is 16.0 Å². The Bertz CT molecular complexity index is 657. The predicted octanol–water partition coefficient (Wildman–Crippen LogP) is 4.17. The van der Waals surface area contributed by atoms with Crippen LogP contribution in [0.3, 0.4) is 0 Å². The number of hydrogen-bond acceptors (Lipinski definition) is 3. The third-order valence-corrected chi connectivity index (χ3v) is 3.81. The number of nitrogens with zero attached hydrogens (tertiary/aromatic N) is 1. The predicted molar refractivity (Wildman–Crippen MR) is 68.4 cm³/mol. The van der Waals surface area contributed by atoms with Gasteiger partial charge in [0.15, 0.2) is 5.78 Å². The smallest absolute Gasteiger partial charge is 0.195 e. The van der Waals surface area contributed by atoms with Crippen LogP contribution in [-0.2, 0) is 0 Å². The minimum Gasteiger partial charge on any atom is -0.291 e. The average molecular weight is 298 g/mol. The molecule has 0 saturated carbocycles. The van der Waals surface area contributed by atoms with Crippen LogP contribution in [0.1, 0.15) is 21.2 Å². The summed E-state index contributed by atoms with van der Waals surface area (Å²) in [5, 5.41) is 10.9. The van der Waals surface area contributed by atoms with E-state index < -0.39 is 23.3 Å². The SMILES string of the molecule is N#CC(C(=O)c1sccc1Cl)c1cc(F)cc(F)c1. The minimum atomic E-state index is -1.28. The molecule has 96 valence electrons. The van der Waals surface area contributed by atoms with Crippen molar-refractivity contribution in [3.8, 4) is 6.07 Å². The minimum absolute atomic E-state index is 0.0190. The maximum Gasteiger partial charge on any atom is 0.195 e. The highest BCUT2D eigenvalue weighted by Gasteiger charge is 2.25. The summed E-state index contributed by atoms with van der Waals surface area (Å²) in [6.45, 7) is 0. The van der Waals surface area contributed by atoms with Gasteiger partial charge in [-0.15, -0.1) is 11.3 Å². The van der Waals surface area contributed by atoms with Crippen LogP contribution < -0.4 is 0 Å². The molecular weight excluding hydrogens is 292 g/mol. The fourth-order valence-electron chi connectivity index (χ4n) is 1.63. The molecule has 0 radical (unpaired) electrons. The molecule has 1 aromatic heterocycles. The van der Waals surface area contributed by atoms with Crippen molar-refractivity contribution in [2.75, 3.05) is 0 Å². The lowest BCUT2D eigenvalue weighted by atomic mass is 9.95. The summed E-state index contributed by atoms with van der Waals surface area (Å²) in [5.41, 5.74) is -0.0190. The molecular formula is C13H6ClF2NOS.